The van der Waals surface area contributed by atoms with Gasteiger partial charge in [0.1, 0.15) is 5.69 Å². The summed E-state index contributed by atoms with van der Waals surface area (Å²) in [5.41, 5.74) is 1.33. The number of carbonyl (C=O) groups is 1. The molecule has 2 rings (SSSR count). The van der Waals surface area contributed by atoms with Crippen LogP contribution in [0.5, 0.6) is 0 Å². The maximum atomic E-state index is 11.9. The molecule has 18 heavy (non-hydrogen) atoms. The quantitative estimate of drug-likeness (QED) is 0.645. The number of hydrogen-bond donors (Lipinski definition) is 1. The first-order valence-electron chi connectivity index (χ1n) is 5.44. The fourth-order valence-electron chi connectivity index (χ4n) is 1.65. The molecule has 0 spiro atoms. The fraction of sp³-hybridized carbons (Fsp3) is 0.154. The largest absolute Gasteiger partial charge is 0.383 e. The summed E-state index contributed by atoms with van der Waals surface area (Å²) in [7, 11) is 3.55. The molecule has 0 fully saturated rings. The van der Waals surface area contributed by atoms with Crippen molar-refractivity contribution in [2.24, 2.45) is 0 Å². The maximum absolute atomic E-state index is 11.9. The van der Waals surface area contributed by atoms with Crippen LogP contribution in [0.4, 0.5) is 0 Å². The first kappa shape index (κ1) is 12.0. The van der Waals surface area contributed by atoms with E-state index in [1.54, 1.807) is 37.3 Å². The topological polar surface area (TPSA) is 66.1 Å². The molecule has 1 aromatic carbocycles. The molecule has 5 heteroatoms. The van der Waals surface area contributed by atoms with E-state index < -0.39 is 0 Å². The molecular weight excluding hydrogens is 230 g/mol. The minimum atomic E-state index is -0.367. The van der Waals surface area contributed by atoms with Crippen LogP contribution >= 0.6 is 0 Å². The summed E-state index contributed by atoms with van der Waals surface area (Å²) in [5, 5.41) is 0. The Morgan fingerprint density at radius 2 is 2.06 bits per heavy atom. The Hall–Kier alpha value is -2.43. The zero-order valence-corrected chi connectivity index (χ0v) is 10.2. The Morgan fingerprint density at radius 1 is 1.33 bits per heavy atom. The minimum Gasteiger partial charge on any atom is -0.383 e. The number of carbonyl (C=O) groups excluding carboxylic acids is 1. The van der Waals surface area contributed by atoms with Gasteiger partial charge < -0.3 is 9.88 Å². The van der Waals surface area contributed by atoms with Crippen LogP contribution in [0.15, 0.2) is 35.3 Å². The van der Waals surface area contributed by atoms with Crippen molar-refractivity contribution in [2.75, 3.05) is 14.1 Å². The van der Waals surface area contributed by atoms with Gasteiger partial charge in [-0.25, -0.2) is 4.98 Å². The first-order valence-corrected chi connectivity index (χ1v) is 5.44. The second kappa shape index (κ2) is 4.83. The summed E-state index contributed by atoms with van der Waals surface area (Å²) in [4.78, 5) is 31.6. The lowest BCUT2D eigenvalue weighted by Crippen LogP contribution is -2.16. The average molecular weight is 243 g/mol. The molecule has 0 saturated heterocycles. The molecule has 5 nitrogen and oxygen atoms in total. The van der Waals surface area contributed by atoms with E-state index in [1.807, 2.05) is 12.1 Å². The summed E-state index contributed by atoms with van der Waals surface area (Å²) in [5.74, 6) is 0. The van der Waals surface area contributed by atoms with E-state index in [-0.39, 0.29) is 16.8 Å². The Bertz CT molecular complexity index is 671. The Labute approximate surface area is 104 Å². The minimum absolute atomic E-state index is 0.136. The van der Waals surface area contributed by atoms with Crippen molar-refractivity contribution >= 4 is 22.9 Å². The number of hydrogen-bond acceptors (Lipinski definition) is 4. The molecule has 0 atom stereocenters. The molecule has 92 valence electrons. The molecule has 0 radical (unpaired) electrons. The number of nitrogens with zero attached hydrogens (tertiary/aromatic N) is 2. The highest BCUT2D eigenvalue weighted by Gasteiger charge is 2.09. The highest BCUT2D eigenvalue weighted by Crippen LogP contribution is 2.10. The second-order valence-electron chi connectivity index (χ2n) is 4.10. The van der Waals surface area contributed by atoms with E-state index in [4.69, 9.17) is 0 Å². The maximum Gasteiger partial charge on any atom is 0.275 e. The third-order valence-electron chi connectivity index (χ3n) is 2.40. The lowest BCUT2D eigenvalue weighted by molar-refractivity contribution is -0.103. The summed E-state index contributed by atoms with van der Waals surface area (Å²) >= 11 is 0. The Balaban J connectivity index is 2.67. The van der Waals surface area contributed by atoms with Gasteiger partial charge in [0.15, 0.2) is 6.29 Å². The van der Waals surface area contributed by atoms with Gasteiger partial charge in [0.05, 0.1) is 16.6 Å². The van der Waals surface area contributed by atoms with Crippen molar-refractivity contribution in [2.45, 2.75) is 0 Å². The molecule has 2 aromatic rings. The van der Waals surface area contributed by atoms with Crippen LogP contribution in [0, 0.1) is 0 Å². The number of H-pyrrole nitrogens is 1. The van der Waals surface area contributed by atoms with Crippen LogP contribution in [0.1, 0.15) is 5.69 Å². The molecule has 0 amide bonds. The predicted molar refractivity (Wildman–Crippen MR) is 70.1 cm³/mol. The van der Waals surface area contributed by atoms with Crippen molar-refractivity contribution in [3.63, 3.8) is 0 Å². The van der Waals surface area contributed by atoms with Crippen LogP contribution < -0.4 is 5.56 Å². The van der Waals surface area contributed by atoms with E-state index in [9.17, 15) is 9.59 Å². The third-order valence-corrected chi connectivity index (χ3v) is 2.40. The Kier molecular flexibility index (Phi) is 3.23. The van der Waals surface area contributed by atoms with Gasteiger partial charge in [0.25, 0.3) is 5.56 Å². The number of aromatic amines is 1. The first-order chi connectivity index (χ1) is 8.61. The monoisotopic (exact) mass is 243 g/mol. The van der Waals surface area contributed by atoms with Gasteiger partial charge >= 0.3 is 0 Å². The lowest BCUT2D eigenvalue weighted by Gasteiger charge is -2.07. The highest BCUT2D eigenvalue weighted by molar-refractivity contribution is 6.06. The zero-order chi connectivity index (χ0) is 13.1. The SMILES string of the molecule is CN(C)/C=C(\C=O)c1nc2ccccc2[nH]c1=O. The molecule has 0 unspecified atom stereocenters. The van der Waals surface area contributed by atoms with Gasteiger partial charge in [0.2, 0.25) is 0 Å². The average Bonchev–Trinajstić information content (AvgIpc) is 2.35. The molecule has 1 heterocycles. The van der Waals surface area contributed by atoms with Gasteiger partial charge in [-0.1, -0.05) is 12.1 Å². The molecule has 0 aliphatic rings. The summed E-state index contributed by atoms with van der Waals surface area (Å²) < 4.78 is 0. The van der Waals surface area contributed by atoms with Crippen molar-refractivity contribution in [3.05, 3.63) is 46.5 Å². The fourth-order valence-corrected chi connectivity index (χ4v) is 1.65. The van der Waals surface area contributed by atoms with Crippen LogP contribution in [0.3, 0.4) is 0 Å². The number of allylic oxidation sites excluding steroid dienone is 1. The van der Waals surface area contributed by atoms with Crippen molar-refractivity contribution in [3.8, 4) is 0 Å². The summed E-state index contributed by atoms with van der Waals surface area (Å²) in [6.45, 7) is 0. The van der Waals surface area contributed by atoms with Crippen molar-refractivity contribution in [1.29, 1.82) is 0 Å². The number of rotatable bonds is 3. The van der Waals surface area contributed by atoms with E-state index in [2.05, 4.69) is 9.97 Å². The molecule has 0 aliphatic carbocycles. The number of fused-ring (bicyclic) bond motifs is 1. The molecule has 0 saturated carbocycles. The second-order valence-corrected chi connectivity index (χ2v) is 4.10. The molecule has 0 aliphatic heterocycles. The predicted octanol–water partition coefficient (Wildman–Crippen LogP) is 1.02. The van der Waals surface area contributed by atoms with Gasteiger partial charge in [-0.2, -0.15) is 0 Å². The van der Waals surface area contributed by atoms with Crippen LogP contribution in [-0.4, -0.2) is 35.2 Å². The van der Waals surface area contributed by atoms with Gasteiger partial charge in [0, 0.05) is 20.3 Å². The summed E-state index contributed by atoms with van der Waals surface area (Å²) in [6, 6.07) is 7.19. The Morgan fingerprint density at radius 3 is 2.72 bits per heavy atom. The van der Waals surface area contributed by atoms with Gasteiger partial charge in [-0.3, -0.25) is 9.59 Å². The van der Waals surface area contributed by atoms with E-state index in [0.717, 1.165) is 0 Å². The zero-order valence-electron chi connectivity index (χ0n) is 10.2. The molecular formula is C13H13N3O2. The smallest absolute Gasteiger partial charge is 0.275 e. The molecule has 1 aromatic heterocycles. The lowest BCUT2D eigenvalue weighted by atomic mass is 10.2. The summed E-state index contributed by atoms with van der Waals surface area (Å²) in [6.07, 6.45) is 2.20. The van der Waals surface area contributed by atoms with Gasteiger partial charge in [-0.05, 0) is 12.1 Å². The number of nitrogens with one attached hydrogen (secondary N) is 1. The standard InChI is InChI=1S/C13H13N3O2/c1-16(2)7-9(8-17)12-13(18)15-11-6-4-3-5-10(11)14-12/h3-8H,1-2H3,(H,15,18)/b9-7+. The third kappa shape index (κ3) is 2.29. The van der Waals surface area contributed by atoms with Crippen molar-refractivity contribution < 1.29 is 4.79 Å². The van der Waals surface area contributed by atoms with Crippen LogP contribution in [0.2, 0.25) is 0 Å². The number of aldehydes is 1. The van der Waals surface area contributed by atoms with Crippen LogP contribution in [0.25, 0.3) is 16.6 Å². The number of benzene rings is 1. The normalized spacial score (nSPS) is 11.6. The number of aromatic nitrogens is 2. The van der Waals surface area contributed by atoms with E-state index >= 15 is 0 Å². The van der Waals surface area contributed by atoms with Gasteiger partial charge in [-0.15, -0.1) is 0 Å². The van der Waals surface area contributed by atoms with E-state index in [0.29, 0.717) is 17.3 Å². The van der Waals surface area contributed by atoms with Crippen molar-refractivity contribution in [1.82, 2.24) is 14.9 Å². The molecule has 0 bridgehead atoms. The van der Waals surface area contributed by atoms with Crippen LogP contribution in [-0.2, 0) is 4.79 Å². The molecule has 1 N–H and O–H groups in total. The van der Waals surface area contributed by atoms with E-state index in [1.165, 1.54) is 0 Å². The number of para-hydroxylation sites is 2. The highest BCUT2D eigenvalue weighted by atomic mass is 16.1.